The zero-order chi connectivity index (χ0) is 12.3. The summed E-state index contributed by atoms with van der Waals surface area (Å²) in [6, 6.07) is 6.89. The number of aromatic nitrogens is 2. The van der Waals surface area contributed by atoms with Gasteiger partial charge in [0.15, 0.2) is 0 Å². The summed E-state index contributed by atoms with van der Waals surface area (Å²) in [4.78, 5) is 7.96. The van der Waals surface area contributed by atoms with E-state index in [-0.39, 0.29) is 0 Å². The number of rotatable bonds is 3. The maximum absolute atomic E-state index is 10.1. The number of nitrogens with zero attached hydrogens (tertiary/aromatic N) is 2. The normalized spacial score (nSPS) is 12.1. The van der Waals surface area contributed by atoms with Crippen LogP contribution in [0.4, 0.5) is 5.82 Å². The fourth-order valence-corrected chi connectivity index (χ4v) is 1.51. The second-order valence-corrected chi connectivity index (χ2v) is 3.51. The summed E-state index contributed by atoms with van der Waals surface area (Å²) in [6.07, 6.45) is 2.30. The van der Waals surface area contributed by atoms with Gasteiger partial charge < -0.3 is 15.6 Å². The Morgan fingerprint density at radius 3 is 2.71 bits per heavy atom. The SMILES string of the molecule is COc1ccc(C(O)c2cccnc2N)cn1. The molecule has 0 amide bonds. The highest BCUT2D eigenvalue weighted by Crippen LogP contribution is 2.25. The minimum atomic E-state index is -0.831. The Morgan fingerprint density at radius 1 is 1.29 bits per heavy atom. The molecule has 0 fully saturated rings. The van der Waals surface area contributed by atoms with Crippen molar-refractivity contribution in [3.63, 3.8) is 0 Å². The molecule has 2 aromatic heterocycles. The van der Waals surface area contributed by atoms with Crippen LogP contribution in [0.5, 0.6) is 5.88 Å². The standard InChI is InChI=1S/C12H13N3O2/c1-17-10-5-4-8(7-15-10)11(16)9-3-2-6-14-12(9)13/h2-7,11,16H,1H3,(H2,13,14). The zero-order valence-corrected chi connectivity index (χ0v) is 9.37. The van der Waals surface area contributed by atoms with Gasteiger partial charge in [0, 0.05) is 29.6 Å². The number of aliphatic hydroxyl groups excluding tert-OH is 1. The number of nitrogens with two attached hydrogens (primary N) is 1. The highest BCUT2D eigenvalue weighted by molar-refractivity contribution is 5.44. The van der Waals surface area contributed by atoms with Crippen LogP contribution in [-0.4, -0.2) is 22.2 Å². The molecule has 0 aromatic carbocycles. The quantitative estimate of drug-likeness (QED) is 0.828. The van der Waals surface area contributed by atoms with Crippen molar-refractivity contribution in [3.05, 3.63) is 47.8 Å². The molecule has 0 spiro atoms. The van der Waals surface area contributed by atoms with Gasteiger partial charge in [-0.05, 0) is 12.1 Å². The highest BCUT2D eigenvalue weighted by atomic mass is 16.5. The van der Waals surface area contributed by atoms with Gasteiger partial charge in [-0.15, -0.1) is 0 Å². The molecule has 5 nitrogen and oxygen atoms in total. The van der Waals surface area contributed by atoms with E-state index in [1.165, 1.54) is 7.11 Å². The summed E-state index contributed by atoms with van der Waals surface area (Å²) in [6.45, 7) is 0. The molecule has 0 aliphatic heterocycles. The molecule has 0 saturated heterocycles. The Bertz CT molecular complexity index is 499. The van der Waals surface area contributed by atoms with Crippen LogP contribution in [0.2, 0.25) is 0 Å². The lowest BCUT2D eigenvalue weighted by atomic mass is 10.0. The fourth-order valence-electron chi connectivity index (χ4n) is 1.51. The number of anilines is 1. The number of nitrogen functional groups attached to an aromatic ring is 1. The van der Waals surface area contributed by atoms with Crippen LogP contribution < -0.4 is 10.5 Å². The lowest BCUT2D eigenvalue weighted by Gasteiger charge is -2.12. The van der Waals surface area contributed by atoms with Crippen LogP contribution in [0, 0.1) is 0 Å². The average molecular weight is 231 g/mol. The third-order valence-corrected chi connectivity index (χ3v) is 2.45. The van der Waals surface area contributed by atoms with E-state index in [2.05, 4.69) is 9.97 Å². The molecule has 0 saturated carbocycles. The van der Waals surface area contributed by atoms with E-state index in [1.807, 2.05) is 0 Å². The van der Waals surface area contributed by atoms with Gasteiger partial charge in [-0.2, -0.15) is 0 Å². The number of ether oxygens (including phenoxy) is 1. The minimum Gasteiger partial charge on any atom is -0.481 e. The topological polar surface area (TPSA) is 81.3 Å². The van der Waals surface area contributed by atoms with Crippen LogP contribution >= 0.6 is 0 Å². The van der Waals surface area contributed by atoms with Crippen molar-refractivity contribution in [2.24, 2.45) is 0 Å². The van der Waals surface area contributed by atoms with Crippen LogP contribution in [0.25, 0.3) is 0 Å². The summed E-state index contributed by atoms with van der Waals surface area (Å²) in [7, 11) is 1.54. The molecule has 2 rings (SSSR count). The van der Waals surface area contributed by atoms with E-state index in [0.717, 1.165) is 0 Å². The summed E-state index contributed by atoms with van der Waals surface area (Å²) >= 11 is 0. The molecular weight excluding hydrogens is 218 g/mol. The second-order valence-electron chi connectivity index (χ2n) is 3.51. The van der Waals surface area contributed by atoms with Crippen molar-refractivity contribution in [2.45, 2.75) is 6.10 Å². The largest absolute Gasteiger partial charge is 0.481 e. The van der Waals surface area contributed by atoms with E-state index in [4.69, 9.17) is 10.5 Å². The first kappa shape index (κ1) is 11.3. The monoisotopic (exact) mass is 231 g/mol. The molecule has 0 bridgehead atoms. The minimum absolute atomic E-state index is 0.316. The summed E-state index contributed by atoms with van der Waals surface area (Å²) in [5, 5.41) is 10.1. The average Bonchev–Trinajstić information content (AvgIpc) is 2.39. The van der Waals surface area contributed by atoms with Crippen LogP contribution in [0.15, 0.2) is 36.7 Å². The summed E-state index contributed by atoms with van der Waals surface area (Å²) < 4.78 is 4.95. The maximum atomic E-state index is 10.1. The van der Waals surface area contributed by atoms with Gasteiger partial charge >= 0.3 is 0 Å². The number of hydrogen-bond acceptors (Lipinski definition) is 5. The van der Waals surface area contributed by atoms with Gasteiger partial charge in [0.1, 0.15) is 11.9 Å². The smallest absolute Gasteiger partial charge is 0.212 e. The van der Waals surface area contributed by atoms with E-state index in [0.29, 0.717) is 22.8 Å². The van der Waals surface area contributed by atoms with Crippen LogP contribution in [-0.2, 0) is 0 Å². The van der Waals surface area contributed by atoms with Gasteiger partial charge in [0.2, 0.25) is 5.88 Å². The number of hydrogen-bond donors (Lipinski definition) is 2. The Kier molecular flexibility index (Phi) is 3.20. The molecule has 2 heterocycles. The van der Waals surface area contributed by atoms with Gasteiger partial charge in [-0.1, -0.05) is 6.07 Å². The van der Waals surface area contributed by atoms with Crippen LogP contribution in [0.3, 0.4) is 0 Å². The van der Waals surface area contributed by atoms with Crippen molar-refractivity contribution in [3.8, 4) is 5.88 Å². The fraction of sp³-hybridized carbons (Fsp3) is 0.167. The third-order valence-electron chi connectivity index (χ3n) is 2.45. The molecule has 88 valence electrons. The van der Waals surface area contributed by atoms with Crippen molar-refractivity contribution in [2.75, 3.05) is 12.8 Å². The van der Waals surface area contributed by atoms with Gasteiger partial charge in [-0.3, -0.25) is 0 Å². The van der Waals surface area contributed by atoms with Gasteiger partial charge in [-0.25, -0.2) is 9.97 Å². The Labute approximate surface area is 98.9 Å². The molecule has 3 N–H and O–H groups in total. The molecule has 0 aliphatic carbocycles. The molecule has 0 radical (unpaired) electrons. The predicted octanol–water partition coefficient (Wildman–Crippen LogP) is 1.15. The zero-order valence-electron chi connectivity index (χ0n) is 9.37. The van der Waals surface area contributed by atoms with E-state index in [9.17, 15) is 5.11 Å². The van der Waals surface area contributed by atoms with Crippen molar-refractivity contribution >= 4 is 5.82 Å². The first-order valence-corrected chi connectivity index (χ1v) is 5.10. The van der Waals surface area contributed by atoms with Gasteiger partial charge in [0.05, 0.1) is 7.11 Å². The molecule has 17 heavy (non-hydrogen) atoms. The van der Waals surface area contributed by atoms with Crippen molar-refractivity contribution in [1.29, 1.82) is 0 Å². The number of pyridine rings is 2. The third kappa shape index (κ3) is 2.34. The molecule has 0 aliphatic rings. The Balaban J connectivity index is 2.30. The molecule has 1 atom stereocenters. The first-order valence-electron chi connectivity index (χ1n) is 5.10. The predicted molar refractivity (Wildman–Crippen MR) is 63.5 cm³/mol. The van der Waals surface area contributed by atoms with Crippen LogP contribution in [0.1, 0.15) is 17.2 Å². The summed E-state index contributed by atoms with van der Waals surface area (Å²) in [5.41, 5.74) is 6.91. The second kappa shape index (κ2) is 4.80. The first-order chi connectivity index (χ1) is 8.22. The maximum Gasteiger partial charge on any atom is 0.212 e. The van der Waals surface area contributed by atoms with E-state index < -0.39 is 6.10 Å². The Hall–Kier alpha value is -2.14. The molecular formula is C12H13N3O2. The lowest BCUT2D eigenvalue weighted by molar-refractivity contribution is 0.220. The van der Waals surface area contributed by atoms with Gasteiger partial charge in [0.25, 0.3) is 0 Å². The van der Waals surface area contributed by atoms with E-state index >= 15 is 0 Å². The number of methoxy groups -OCH3 is 1. The lowest BCUT2D eigenvalue weighted by Crippen LogP contribution is -2.05. The molecule has 1 unspecified atom stereocenters. The molecule has 5 heteroatoms. The highest BCUT2D eigenvalue weighted by Gasteiger charge is 2.14. The molecule has 2 aromatic rings. The summed E-state index contributed by atoms with van der Waals surface area (Å²) in [5.74, 6) is 0.816. The van der Waals surface area contributed by atoms with Crippen molar-refractivity contribution in [1.82, 2.24) is 9.97 Å². The van der Waals surface area contributed by atoms with Crippen molar-refractivity contribution < 1.29 is 9.84 Å². The number of aliphatic hydroxyl groups is 1. The van der Waals surface area contributed by atoms with E-state index in [1.54, 1.807) is 36.7 Å². The Morgan fingerprint density at radius 2 is 2.12 bits per heavy atom.